The zero-order valence-corrected chi connectivity index (χ0v) is 20.7. The van der Waals surface area contributed by atoms with Gasteiger partial charge in [0.1, 0.15) is 0 Å². The predicted molar refractivity (Wildman–Crippen MR) is 122 cm³/mol. The van der Waals surface area contributed by atoms with Crippen molar-refractivity contribution in [2.45, 2.75) is 103 Å². The van der Waals surface area contributed by atoms with Crippen molar-refractivity contribution in [2.75, 3.05) is 14.2 Å². The molecule has 182 valence electrons. The Hall–Kier alpha value is -0.650. The fraction of sp³-hybridized carbons (Fsp3) is 0.963. The Morgan fingerprint density at radius 3 is 2.34 bits per heavy atom. The molecule has 10 atom stereocenters. The second-order valence-corrected chi connectivity index (χ2v) is 12.8. The van der Waals surface area contributed by atoms with E-state index in [2.05, 4.69) is 20.8 Å². The SMILES string of the molecule is CO.COC(=O)C1CCC2C(CC3C4CCC5C(C)(C)[C@@H](O)CCC56C[C@@]46CCC23C)O1. The zero-order chi connectivity index (χ0) is 23.1. The van der Waals surface area contributed by atoms with Gasteiger partial charge in [0.25, 0.3) is 0 Å². The highest BCUT2D eigenvalue weighted by Gasteiger charge is 2.80. The molecule has 6 fully saturated rings. The van der Waals surface area contributed by atoms with Crippen molar-refractivity contribution in [2.24, 2.45) is 45.3 Å². The van der Waals surface area contributed by atoms with Gasteiger partial charge in [-0.1, -0.05) is 20.8 Å². The Labute approximate surface area is 193 Å². The number of rotatable bonds is 1. The summed E-state index contributed by atoms with van der Waals surface area (Å²) < 4.78 is 11.4. The molecule has 0 aromatic heterocycles. The molecule has 1 saturated heterocycles. The molecule has 6 rings (SSSR count). The lowest BCUT2D eigenvalue weighted by molar-refractivity contribution is -0.168. The minimum Gasteiger partial charge on any atom is -0.467 e. The first-order chi connectivity index (χ1) is 15.2. The van der Waals surface area contributed by atoms with Crippen molar-refractivity contribution in [3.8, 4) is 0 Å². The molecule has 0 amide bonds. The third-order valence-corrected chi connectivity index (χ3v) is 12.0. The number of esters is 1. The van der Waals surface area contributed by atoms with E-state index in [0.717, 1.165) is 44.6 Å². The summed E-state index contributed by atoms with van der Waals surface area (Å²) >= 11 is 0. The van der Waals surface area contributed by atoms with Gasteiger partial charge in [-0.05, 0) is 110 Å². The van der Waals surface area contributed by atoms with Gasteiger partial charge in [-0.3, -0.25) is 0 Å². The Kier molecular flexibility index (Phi) is 5.36. The zero-order valence-electron chi connectivity index (χ0n) is 20.7. The van der Waals surface area contributed by atoms with Crippen molar-refractivity contribution in [1.82, 2.24) is 0 Å². The maximum absolute atomic E-state index is 12.1. The molecule has 1 heterocycles. The number of ether oxygens (including phenoxy) is 2. The third-order valence-electron chi connectivity index (χ3n) is 12.0. The van der Waals surface area contributed by atoms with Gasteiger partial charge in [-0.15, -0.1) is 0 Å². The maximum atomic E-state index is 12.1. The first kappa shape index (κ1) is 23.1. The van der Waals surface area contributed by atoms with E-state index >= 15 is 0 Å². The molecule has 2 N–H and O–H groups in total. The molecule has 5 nitrogen and oxygen atoms in total. The van der Waals surface area contributed by atoms with Crippen LogP contribution < -0.4 is 0 Å². The monoisotopic (exact) mass is 448 g/mol. The van der Waals surface area contributed by atoms with E-state index in [1.807, 2.05) is 0 Å². The normalized spacial score (nSPS) is 54.4. The Balaban J connectivity index is 0.00000105. The number of fused-ring (bicyclic) bond motifs is 4. The van der Waals surface area contributed by atoms with Crippen LogP contribution in [0.4, 0.5) is 0 Å². The first-order valence-electron chi connectivity index (χ1n) is 13.1. The van der Waals surface area contributed by atoms with Crippen LogP contribution in [0.3, 0.4) is 0 Å². The average molecular weight is 449 g/mol. The lowest BCUT2D eigenvalue weighted by atomic mass is 9.46. The number of carbonyl (C=O) groups excluding carboxylic acids is 1. The average Bonchev–Trinajstić information content (AvgIpc) is 3.37. The molecule has 0 aromatic rings. The maximum Gasteiger partial charge on any atom is 0.334 e. The van der Waals surface area contributed by atoms with Gasteiger partial charge >= 0.3 is 5.97 Å². The molecule has 8 unspecified atom stereocenters. The highest BCUT2D eigenvalue weighted by atomic mass is 16.6. The molecule has 5 heteroatoms. The van der Waals surface area contributed by atoms with Crippen LogP contribution in [0.2, 0.25) is 0 Å². The van der Waals surface area contributed by atoms with Gasteiger partial charge in [0.05, 0.1) is 19.3 Å². The summed E-state index contributed by atoms with van der Waals surface area (Å²) in [5.41, 5.74) is 1.48. The highest BCUT2D eigenvalue weighted by molar-refractivity contribution is 5.74. The molecule has 0 aromatic carbocycles. The minimum absolute atomic E-state index is 0.0635. The number of carbonyl (C=O) groups is 1. The largest absolute Gasteiger partial charge is 0.467 e. The molecule has 5 aliphatic carbocycles. The predicted octanol–water partition coefficient (Wildman–Crippen LogP) is 4.34. The van der Waals surface area contributed by atoms with Crippen LogP contribution in [0, 0.1) is 45.3 Å². The van der Waals surface area contributed by atoms with E-state index in [1.54, 1.807) is 0 Å². The van der Waals surface area contributed by atoms with Crippen LogP contribution in [0.5, 0.6) is 0 Å². The summed E-state index contributed by atoms with van der Waals surface area (Å²) in [4.78, 5) is 12.1. The van der Waals surface area contributed by atoms with Gasteiger partial charge in [-0.2, -0.15) is 0 Å². The lowest BCUT2D eigenvalue weighted by Crippen LogP contribution is -2.54. The van der Waals surface area contributed by atoms with E-state index < -0.39 is 0 Å². The van der Waals surface area contributed by atoms with E-state index in [4.69, 9.17) is 14.6 Å². The topological polar surface area (TPSA) is 76.0 Å². The number of aliphatic hydroxyl groups is 2. The van der Waals surface area contributed by atoms with Crippen molar-refractivity contribution in [3.63, 3.8) is 0 Å². The van der Waals surface area contributed by atoms with Crippen LogP contribution in [-0.4, -0.2) is 48.7 Å². The molecule has 6 aliphatic rings. The van der Waals surface area contributed by atoms with Gasteiger partial charge in [0.2, 0.25) is 0 Å². The van der Waals surface area contributed by atoms with Crippen molar-refractivity contribution < 1.29 is 24.5 Å². The molecule has 2 spiro atoms. The fourth-order valence-electron chi connectivity index (χ4n) is 10.5. The molecule has 1 aliphatic heterocycles. The summed E-state index contributed by atoms with van der Waals surface area (Å²) in [7, 11) is 2.48. The molecular formula is C27H44O5. The highest BCUT2D eigenvalue weighted by Crippen LogP contribution is 2.87. The minimum atomic E-state index is -0.349. The van der Waals surface area contributed by atoms with Crippen molar-refractivity contribution in [1.29, 1.82) is 0 Å². The molecule has 0 bridgehead atoms. The number of methoxy groups -OCH3 is 1. The first-order valence-corrected chi connectivity index (χ1v) is 13.1. The summed E-state index contributed by atoms with van der Waals surface area (Å²) in [5, 5.41) is 17.8. The lowest BCUT2D eigenvalue weighted by Gasteiger charge is -2.59. The quantitative estimate of drug-likeness (QED) is 0.584. The fourth-order valence-corrected chi connectivity index (χ4v) is 10.5. The van der Waals surface area contributed by atoms with Gasteiger partial charge in [0.15, 0.2) is 6.10 Å². The van der Waals surface area contributed by atoms with Crippen LogP contribution in [0.1, 0.15) is 85.0 Å². The second kappa shape index (κ2) is 7.42. The number of aliphatic hydroxyl groups excluding tert-OH is 2. The van der Waals surface area contributed by atoms with Crippen molar-refractivity contribution >= 4 is 5.97 Å². The Morgan fingerprint density at radius 1 is 0.906 bits per heavy atom. The van der Waals surface area contributed by atoms with E-state index in [9.17, 15) is 9.90 Å². The van der Waals surface area contributed by atoms with E-state index in [-0.39, 0.29) is 29.7 Å². The second-order valence-electron chi connectivity index (χ2n) is 12.8. The van der Waals surface area contributed by atoms with Crippen LogP contribution in [0.25, 0.3) is 0 Å². The number of hydrogen-bond donors (Lipinski definition) is 2. The van der Waals surface area contributed by atoms with Crippen LogP contribution >= 0.6 is 0 Å². The van der Waals surface area contributed by atoms with E-state index in [0.29, 0.717) is 28.1 Å². The van der Waals surface area contributed by atoms with Crippen LogP contribution in [-0.2, 0) is 14.3 Å². The standard InChI is InChI=1S/C26H40O4.CH4O/c1-23(2)20-8-6-15-17-13-19-16(5-7-18(30-19)22(28)29-4)24(17,3)11-12-25(15)14-26(20,25)10-9-21(23)27;1-2/h15-21,27H,5-14H2,1-4H3;2H,1H3/t15?,16?,17?,18?,19?,20?,21-,24?,25-,26?;/m0./s1. The summed E-state index contributed by atoms with van der Waals surface area (Å²) in [6, 6.07) is 0. The molecular weight excluding hydrogens is 404 g/mol. The van der Waals surface area contributed by atoms with Gasteiger partial charge in [-0.25, -0.2) is 4.79 Å². The van der Waals surface area contributed by atoms with E-state index in [1.165, 1.54) is 45.6 Å². The molecule has 32 heavy (non-hydrogen) atoms. The van der Waals surface area contributed by atoms with Gasteiger partial charge < -0.3 is 19.7 Å². The summed E-state index contributed by atoms with van der Waals surface area (Å²) in [6.07, 6.45) is 11.9. The van der Waals surface area contributed by atoms with Crippen molar-refractivity contribution in [3.05, 3.63) is 0 Å². The Bertz CT molecular complexity index is 765. The molecule has 5 saturated carbocycles. The Morgan fingerprint density at radius 2 is 1.62 bits per heavy atom. The van der Waals surface area contributed by atoms with Gasteiger partial charge in [0, 0.05) is 7.11 Å². The molecule has 0 radical (unpaired) electrons. The number of hydrogen-bond acceptors (Lipinski definition) is 5. The van der Waals surface area contributed by atoms with Crippen LogP contribution in [0.15, 0.2) is 0 Å². The summed E-state index contributed by atoms with van der Waals surface area (Å²) in [6.45, 7) is 7.24. The summed E-state index contributed by atoms with van der Waals surface area (Å²) in [5.74, 6) is 2.68. The third kappa shape index (κ3) is 2.71. The smallest absolute Gasteiger partial charge is 0.334 e.